The largest absolute Gasteiger partial charge is 0.374 e. The van der Waals surface area contributed by atoms with Crippen LogP contribution in [-0.4, -0.2) is 19.7 Å². The summed E-state index contributed by atoms with van der Waals surface area (Å²) in [5, 5.41) is 3.48. The molecule has 1 aliphatic carbocycles. The van der Waals surface area contributed by atoms with Crippen molar-refractivity contribution in [3.05, 3.63) is 34.9 Å². The van der Waals surface area contributed by atoms with Crippen molar-refractivity contribution in [2.24, 2.45) is 0 Å². The fourth-order valence-electron chi connectivity index (χ4n) is 3.73. The topological polar surface area (TPSA) is 21.3 Å². The van der Waals surface area contributed by atoms with E-state index in [1.807, 2.05) is 0 Å². The molecule has 2 aliphatic rings. The van der Waals surface area contributed by atoms with E-state index in [9.17, 15) is 0 Å². The summed E-state index contributed by atoms with van der Waals surface area (Å²) in [6.45, 7) is 7.38. The van der Waals surface area contributed by atoms with Crippen LogP contribution in [0.4, 0.5) is 0 Å². The Labute approximate surface area is 110 Å². The third-order valence-corrected chi connectivity index (χ3v) is 4.63. The Kier molecular flexibility index (Phi) is 3.16. The average molecular weight is 245 g/mol. The molecule has 1 spiro atoms. The first kappa shape index (κ1) is 12.2. The first-order valence-electron chi connectivity index (χ1n) is 7.18. The summed E-state index contributed by atoms with van der Waals surface area (Å²) in [6, 6.07) is 6.96. The van der Waals surface area contributed by atoms with E-state index in [1.54, 1.807) is 5.56 Å². The van der Waals surface area contributed by atoms with E-state index >= 15 is 0 Å². The maximum Gasteiger partial charge on any atom is 0.0836 e. The smallest absolute Gasteiger partial charge is 0.0836 e. The molecule has 18 heavy (non-hydrogen) atoms. The number of nitrogens with one attached hydrogen (secondary N) is 1. The van der Waals surface area contributed by atoms with Crippen molar-refractivity contribution in [3.63, 3.8) is 0 Å². The van der Waals surface area contributed by atoms with Gasteiger partial charge in [0.05, 0.1) is 6.10 Å². The van der Waals surface area contributed by atoms with Gasteiger partial charge in [-0.05, 0) is 57.3 Å². The van der Waals surface area contributed by atoms with Crippen LogP contribution in [0.15, 0.2) is 18.2 Å². The summed E-state index contributed by atoms with van der Waals surface area (Å²) in [7, 11) is 0. The number of fused-ring (bicyclic) bond motifs is 2. The van der Waals surface area contributed by atoms with E-state index < -0.39 is 0 Å². The minimum absolute atomic E-state index is 0.322. The van der Waals surface area contributed by atoms with Crippen molar-refractivity contribution in [3.8, 4) is 0 Å². The molecule has 98 valence electrons. The molecule has 0 amide bonds. The molecule has 2 nitrogen and oxygen atoms in total. The fraction of sp³-hybridized carbons (Fsp3) is 0.625. The number of benzene rings is 1. The number of ether oxygens (including phenoxy) is 1. The standard InChI is InChI=1S/C16H23NO/c1-3-18-15-11-16(6-8-17-9-7-16)14-5-4-12(2)10-13(14)15/h4-5,10,15,17H,3,6-9,11H2,1-2H3. The lowest BCUT2D eigenvalue weighted by atomic mass is 9.74. The summed E-state index contributed by atoms with van der Waals surface area (Å²) in [5.74, 6) is 0. The molecule has 1 N–H and O–H groups in total. The average Bonchev–Trinajstić information content (AvgIpc) is 2.65. The Balaban J connectivity index is 2.01. The van der Waals surface area contributed by atoms with Gasteiger partial charge in [0.2, 0.25) is 0 Å². The Bertz CT molecular complexity index is 435. The zero-order valence-corrected chi connectivity index (χ0v) is 11.5. The Morgan fingerprint density at radius 2 is 2.11 bits per heavy atom. The van der Waals surface area contributed by atoms with E-state index in [4.69, 9.17) is 4.74 Å². The zero-order valence-electron chi connectivity index (χ0n) is 11.5. The molecule has 2 heteroatoms. The first-order valence-corrected chi connectivity index (χ1v) is 7.18. The predicted octanol–water partition coefficient (Wildman–Crippen LogP) is 3.10. The molecule has 1 saturated heterocycles. The minimum atomic E-state index is 0.322. The summed E-state index contributed by atoms with van der Waals surface area (Å²) in [4.78, 5) is 0. The first-order chi connectivity index (χ1) is 8.75. The van der Waals surface area contributed by atoms with Gasteiger partial charge >= 0.3 is 0 Å². The lowest BCUT2D eigenvalue weighted by Crippen LogP contribution is -2.38. The van der Waals surface area contributed by atoms with E-state index in [-0.39, 0.29) is 0 Å². The maximum absolute atomic E-state index is 5.99. The molecule has 1 aromatic rings. The molecule has 0 bridgehead atoms. The predicted molar refractivity (Wildman–Crippen MR) is 73.9 cm³/mol. The van der Waals surface area contributed by atoms with Crippen LogP contribution in [0.5, 0.6) is 0 Å². The van der Waals surface area contributed by atoms with Crippen molar-refractivity contribution >= 4 is 0 Å². The van der Waals surface area contributed by atoms with Crippen LogP contribution >= 0.6 is 0 Å². The number of rotatable bonds is 2. The van der Waals surface area contributed by atoms with Crippen LogP contribution in [0.25, 0.3) is 0 Å². The number of aryl methyl sites for hydroxylation is 1. The molecule has 1 unspecified atom stereocenters. The van der Waals surface area contributed by atoms with Crippen molar-refractivity contribution in [2.45, 2.75) is 44.6 Å². The van der Waals surface area contributed by atoms with Crippen LogP contribution in [0.2, 0.25) is 0 Å². The maximum atomic E-state index is 5.99. The third-order valence-electron chi connectivity index (χ3n) is 4.63. The van der Waals surface area contributed by atoms with Gasteiger partial charge in [0.15, 0.2) is 0 Å². The van der Waals surface area contributed by atoms with Crippen LogP contribution in [0.1, 0.15) is 49.0 Å². The number of hydrogen-bond acceptors (Lipinski definition) is 2. The summed E-state index contributed by atoms with van der Waals surface area (Å²) in [5.41, 5.74) is 4.75. The van der Waals surface area contributed by atoms with E-state index in [2.05, 4.69) is 37.4 Å². The molecule has 0 aromatic heterocycles. The van der Waals surface area contributed by atoms with Crippen molar-refractivity contribution in [1.29, 1.82) is 0 Å². The monoisotopic (exact) mass is 245 g/mol. The zero-order chi connectivity index (χ0) is 12.6. The van der Waals surface area contributed by atoms with Gasteiger partial charge in [-0.15, -0.1) is 0 Å². The molecule has 1 fully saturated rings. The SMILES string of the molecule is CCOC1CC2(CCNCC2)c2ccc(C)cc21. The van der Waals surface area contributed by atoms with Gasteiger partial charge in [-0.25, -0.2) is 0 Å². The van der Waals surface area contributed by atoms with Gasteiger partial charge in [0.25, 0.3) is 0 Å². The lowest BCUT2D eigenvalue weighted by molar-refractivity contribution is 0.0474. The quantitative estimate of drug-likeness (QED) is 0.864. The van der Waals surface area contributed by atoms with E-state index in [0.717, 1.165) is 19.7 Å². The highest BCUT2D eigenvalue weighted by Gasteiger charge is 2.44. The van der Waals surface area contributed by atoms with Crippen LogP contribution in [0.3, 0.4) is 0 Å². The molecular formula is C16H23NO. The van der Waals surface area contributed by atoms with Gasteiger partial charge in [-0.2, -0.15) is 0 Å². The van der Waals surface area contributed by atoms with Gasteiger partial charge in [-0.1, -0.05) is 23.8 Å². The van der Waals surface area contributed by atoms with E-state index in [0.29, 0.717) is 11.5 Å². The second-order valence-corrected chi connectivity index (χ2v) is 5.77. The number of hydrogen-bond donors (Lipinski definition) is 1. The highest BCUT2D eigenvalue weighted by Crippen LogP contribution is 2.51. The van der Waals surface area contributed by atoms with Crippen molar-refractivity contribution in [2.75, 3.05) is 19.7 Å². The lowest BCUT2D eigenvalue weighted by Gasteiger charge is -2.35. The van der Waals surface area contributed by atoms with Crippen molar-refractivity contribution < 1.29 is 4.74 Å². The minimum Gasteiger partial charge on any atom is -0.374 e. The molecule has 0 radical (unpaired) electrons. The molecule has 1 heterocycles. The van der Waals surface area contributed by atoms with Crippen molar-refractivity contribution in [1.82, 2.24) is 5.32 Å². The van der Waals surface area contributed by atoms with Gasteiger partial charge < -0.3 is 10.1 Å². The molecule has 0 saturated carbocycles. The molecule has 1 atom stereocenters. The highest BCUT2D eigenvalue weighted by atomic mass is 16.5. The van der Waals surface area contributed by atoms with Crippen LogP contribution in [-0.2, 0) is 10.2 Å². The second-order valence-electron chi connectivity index (χ2n) is 5.77. The Morgan fingerprint density at radius 3 is 2.83 bits per heavy atom. The summed E-state index contributed by atoms with van der Waals surface area (Å²) in [6.07, 6.45) is 4.02. The molecule has 3 rings (SSSR count). The van der Waals surface area contributed by atoms with Gasteiger partial charge in [0.1, 0.15) is 0 Å². The normalized spacial score (nSPS) is 25.3. The molecular weight excluding hydrogens is 222 g/mol. The Hall–Kier alpha value is -0.860. The molecule has 1 aliphatic heterocycles. The molecule has 1 aromatic carbocycles. The third kappa shape index (κ3) is 1.88. The fourth-order valence-corrected chi connectivity index (χ4v) is 3.73. The summed E-state index contributed by atoms with van der Waals surface area (Å²) >= 11 is 0. The van der Waals surface area contributed by atoms with Gasteiger partial charge in [-0.3, -0.25) is 0 Å². The summed E-state index contributed by atoms with van der Waals surface area (Å²) < 4.78 is 5.99. The van der Waals surface area contributed by atoms with E-state index in [1.165, 1.54) is 30.4 Å². The van der Waals surface area contributed by atoms with Crippen LogP contribution < -0.4 is 5.32 Å². The Morgan fingerprint density at radius 1 is 1.33 bits per heavy atom. The number of piperidine rings is 1. The second kappa shape index (κ2) is 4.67. The van der Waals surface area contributed by atoms with Crippen LogP contribution in [0, 0.1) is 6.92 Å². The van der Waals surface area contributed by atoms with Gasteiger partial charge in [0, 0.05) is 12.0 Å². The highest BCUT2D eigenvalue weighted by molar-refractivity contribution is 5.44.